The van der Waals surface area contributed by atoms with Crippen LogP contribution >= 0.6 is 0 Å². The van der Waals surface area contributed by atoms with E-state index >= 15 is 0 Å². The number of fused-ring (bicyclic) bond motifs is 1. The molecule has 0 aliphatic carbocycles. The van der Waals surface area contributed by atoms with Crippen LogP contribution in [0, 0.1) is 0 Å². The van der Waals surface area contributed by atoms with E-state index in [1.54, 1.807) is 24.3 Å². The number of carbonyl (C=O) groups excluding carboxylic acids is 1. The Morgan fingerprint density at radius 1 is 1.04 bits per heavy atom. The number of nitrogens with zero attached hydrogens (tertiary/aromatic N) is 2. The highest BCUT2D eigenvalue weighted by Crippen LogP contribution is 2.31. The van der Waals surface area contributed by atoms with Crippen molar-refractivity contribution in [3.63, 3.8) is 0 Å². The van der Waals surface area contributed by atoms with E-state index in [2.05, 4.69) is 9.71 Å². The standard InChI is InChI=1S/C19H19N3O3S/c23-19(20-14-8-2-1-3-9-14)16-11-6-7-13-22(16)18-15-10-4-5-12-17(15)26(24,25)21-18/h1-5,8-10,12,16H,6-7,11,13H2,(H,20,23)/t16-/m0/s1. The van der Waals surface area contributed by atoms with Gasteiger partial charge in [-0.3, -0.25) is 4.79 Å². The Morgan fingerprint density at radius 2 is 1.77 bits per heavy atom. The molecule has 1 fully saturated rings. The van der Waals surface area contributed by atoms with Gasteiger partial charge in [0.1, 0.15) is 10.9 Å². The number of hydrogen-bond donors (Lipinski definition) is 1. The molecule has 0 bridgehead atoms. The van der Waals surface area contributed by atoms with Crippen LogP contribution in [-0.2, 0) is 14.8 Å². The van der Waals surface area contributed by atoms with E-state index in [1.807, 2.05) is 35.2 Å². The summed E-state index contributed by atoms with van der Waals surface area (Å²) >= 11 is 0. The van der Waals surface area contributed by atoms with E-state index in [1.165, 1.54) is 0 Å². The zero-order chi connectivity index (χ0) is 18.1. The number of rotatable bonds is 2. The highest BCUT2D eigenvalue weighted by Gasteiger charge is 2.37. The first-order chi connectivity index (χ1) is 12.6. The summed E-state index contributed by atoms with van der Waals surface area (Å²) in [5, 5.41) is 2.92. The number of anilines is 1. The van der Waals surface area contributed by atoms with Crippen LogP contribution in [0.2, 0.25) is 0 Å². The summed E-state index contributed by atoms with van der Waals surface area (Å²) in [5.41, 5.74) is 1.30. The summed E-state index contributed by atoms with van der Waals surface area (Å²) < 4.78 is 28.7. The second-order valence-corrected chi connectivity index (χ2v) is 8.02. The van der Waals surface area contributed by atoms with Gasteiger partial charge in [0.15, 0.2) is 5.84 Å². The number of hydrogen-bond acceptors (Lipinski definition) is 4. The summed E-state index contributed by atoms with van der Waals surface area (Å²) in [5.74, 6) is 0.244. The first-order valence-corrected chi connectivity index (χ1v) is 10.1. The van der Waals surface area contributed by atoms with Gasteiger partial charge in [-0.05, 0) is 43.5 Å². The average Bonchev–Trinajstić information content (AvgIpc) is 2.94. The quantitative estimate of drug-likeness (QED) is 0.883. The molecule has 0 aromatic heterocycles. The number of para-hydroxylation sites is 1. The fourth-order valence-electron chi connectivity index (χ4n) is 3.50. The molecule has 7 heteroatoms. The molecule has 1 saturated heterocycles. The minimum Gasteiger partial charge on any atom is -0.343 e. The highest BCUT2D eigenvalue weighted by atomic mass is 32.2. The lowest BCUT2D eigenvalue weighted by Gasteiger charge is -2.36. The molecular formula is C19H19N3O3S. The summed E-state index contributed by atoms with van der Waals surface area (Å²) in [6.45, 7) is 0.607. The first-order valence-electron chi connectivity index (χ1n) is 8.63. The molecule has 0 spiro atoms. The monoisotopic (exact) mass is 369 g/mol. The van der Waals surface area contributed by atoms with Crippen LogP contribution in [0.5, 0.6) is 0 Å². The van der Waals surface area contributed by atoms with E-state index in [9.17, 15) is 13.2 Å². The number of piperidine rings is 1. The van der Waals surface area contributed by atoms with Crippen molar-refractivity contribution in [2.45, 2.75) is 30.2 Å². The van der Waals surface area contributed by atoms with Crippen molar-refractivity contribution >= 4 is 27.5 Å². The molecule has 0 radical (unpaired) electrons. The summed E-state index contributed by atoms with van der Waals surface area (Å²) in [6.07, 6.45) is 2.49. The van der Waals surface area contributed by atoms with Crippen LogP contribution in [0.15, 0.2) is 63.9 Å². The third-order valence-electron chi connectivity index (χ3n) is 4.73. The number of likely N-dealkylation sites (tertiary alicyclic amines) is 1. The van der Waals surface area contributed by atoms with E-state index in [-0.39, 0.29) is 10.8 Å². The number of nitrogens with one attached hydrogen (secondary N) is 1. The van der Waals surface area contributed by atoms with E-state index < -0.39 is 16.1 Å². The molecule has 6 nitrogen and oxygen atoms in total. The molecule has 2 aliphatic rings. The Labute approximate surface area is 152 Å². The largest absolute Gasteiger partial charge is 0.343 e. The summed E-state index contributed by atoms with van der Waals surface area (Å²) in [7, 11) is -3.70. The molecule has 1 atom stereocenters. The molecule has 134 valence electrons. The minimum atomic E-state index is -3.70. The fraction of sp³-hybridized carbons (Fsp3) is 0.263. The molecule has 2 aromatic rings. The molecule has 2 aliphatic heterocycles. The lowest BCUT2D eigenvalue weighted by molar-refractivity contribution is -0.120. The van der Waals surface area contributed by atoms with Gasteiger partial charge >= 0.3 is 0 Å². The molecule has 4 rings (SSSR count). The van der Waals surface area contributed by atoms with E-state index in [4.69, 9.17) is 0 Å². The maximum atomic E-state index is 12.9. The van der Waals surface area contributed by atoms with Gasteiger partial charge in [-0.25, -0.2) is 0 Å². The van der Waals surface area contributed by atoms with Crippen LogP contribution in [0.4, 0.5) is 5.69 Å². The molecule has 1 N–H and O–H groups in total. The Morgan fingerprint density at radius 3 is 2.58 bits per heavy atom. The molecule has 1 amide bonds. The Hall–Kier alpha value is -2.67. The SMILES string of the molecule is O=C(Nc1ccccc1)[C@@H]1CCCCN1C1=NS(=O)(=O)c2ccccc21. The smallest absolute Gasteiger partial charge is 0.285 e. The van der Waals surface area contributed by atoms with E-state index in [0.29, 0.717) is 24.4 Å². The van der Waals surface area contributed by atoms with Crippen molar-refractivity contribution in [3.05, 3.63) is 60.2 Å². The number of benzene rings is 2. The van der Waals surface area contributed by atoms with Crippen molar-refractivity contribution < 1.29 is 13.2 Å². The third kappa shape index (κ3) is 2.99. The van der Waals surface area contributed by atoms with Crippen molar-refractivity contribution in [2.24, 2.45) is 4.40 Å². The lowest BCUT2D eigenvalue weighted by atomic mass is 9.99. The zero-order valence-corrected chi connectivity index (χ0v) is 14.9. The van der Waals surface area contributed by atoms with Crippen LogP contribution in [0.25, 0.3) is 0 Å². The average molecular weight is 369 g/mol. The van der Waals surface area contributed by atoms with Gasteiger partial charge in [-0.2, -0.15) is 8.42 Å². The number of amidine groups is 1. The van der Waals surface area contributed by atoms with Gasteiger partial charge in [0.2, 0.25) is 5.91 Å². The second-order valence-electron chi connectivity index (χ2n) is 6.45. The van der Waals surface area contributed by atoms with Crippen molar-refractivity contribution in [3.8, 4) is 0 Å². The van der Waals surface area contributed by atoms with Crippen LogP contribution in [-0.4, -0.2) is 37.6 Å². The van der Waals surface area contributed by atoms with Gasteiger partial charge in [-0.15, -0.1) is 4.40 Å². The first kappa shape index (κ1) is 16.8. The number of amides is 1. The predicted molar refractivity (Wildman–Crippen MR) is 99.6 cm³/mol. The van der Waals surface area contributed by atoms with E-state index in [0.717, 1.165) is 18.5 Å². The van der Waals surface area contributed by atoms with Gasteiger partial charge in [0.05, 0.1) is 0 Å². The fourth-order valence-corrected chi connectivity index (χ4v) is 4.72. The normalized spacial score (nSPS) is 21.0. The van der Waals surface area contributed by atoms with Crippen LogP contribution in [0.3, 0.4) is 0 Å². The second kappa shape index (κ2) is 6.57. The molecule has 0 saturated carbocycles. The molecular weight excluding hydrogens is 350 g/mol. The van der Waals surface area contributed by atoms with Crippen LogP contribution in [0.1, 0.15) is 24.8 Å². The summed E-state index contributed by atoms with van der Waals surface area (Å²) in [6, 6.07) is 15.6. The third-order valence-corrected chi connectivity index (χ3v) is 6.06. The maximum absolute atomic E-state index is 12.9. The van der Waals surface area contributed by atoms with Crippen molar-refractivity contribution in [2.75, 3.05) is 11.9 Å². The highest BCUT2D eigenvalue weighted by molar-refractivity contribution is 7.90. The predicted octanol–water partition coefficient (Wildman–Crippen LogP) is 2.63. The van der Waals surface area contributed by atoms with Crippen molar-refractivity contribution in [1.29, 1.82) is 0 Å². The number of sulfonamides is 1. The molecule has 26 heavy (non-hydrogen) atoms. The lowest BCUT2D eigenvalue weighted by Crippen LogP contribution is -2.50. The molecule has 0 unspecified atom stereocenters. The molecule has 2 heterocycles. The number of carbonyl (C=O) groups is 1. The van der Waals surface area contributed by atoms with Gasteiger partial charge in [0, 0.05) is 17.8 Å². The Bertz CT molecular complexity index is 971. The van der Waals surface area contributed by atoms with Gasteiger partial charge in [0.25, 0.3) is 10.0 Å². The van der Waals surface area contributed by atoms with Crippen molar-refractivity contribution in [1.82, 2.24) is 4.90 Å². The molecule has 2 aromatic carbocycles. The Balaban J connectivity index is 1.66. The zero-order valence-electron chi connectivity index (χ0n) is 14.1. The van der Waals surface area contributed by atoms with Crippen LogP contribution < -0.4 is 5.32 Å². The van der Waals surface area contributed by atoms with Gasteiger partial charge < -0.3 is 10.2 Å². The topological polar surface area (TPSA) is 78.8 Å². The van der Waals surface area contributed by atoms with Gasteiger partial charge in [-0.1, -0.05) is 30.3 Å². The Kier molecular flexibility index (Phi) is 4.24. The maximum Gasteiger partial charge on any atom is 0.285 e. The minimum absolute atomic E-state index is 0.139. The summed E-state index contributed by atoms with van der Waals surface area (Å²) in [4.78, 5) is 14.9.